The van der Waals surface area contributed by atoms with Crippen molar-refractivity contribution in [3.8, 4) is 11.5 Å². The predicted molar refractivity (Wildman–Crippen MR) is 86.0 cm³/mol. The largest absolute Gasteiger partial charge is 0.490 e. The van der Waals surface area contributed by atoms with E-state index >= 15 is 0 Å². The van der Waals surface area contributed by atoms with Gasteiger partial charge < -0.3 is 15.2 Å². The highest BCUT2D eigenvalue weighted by molar-refractivity contribution is 8.18. The average molecular weight is 327 g/mol. The topological polar surface area (TPSA) is 73.9 Å². The van der Waals surface area contributed by atoms with Crippen LogP contribution in [-0.2, 0) is 4.79 Å². The third kappa shape index (κ3) is 3.71. The molecule has 0 saturated heterocycles. The van der Waals surface area contributed by atoms with Crippen molar-refractivity contribution in [2.75, 3.05) is 13.2 Å². The standard InChI is InChI=1S/C14H15ClN2O3S/c1-3-19-10-5-8(9(15)7-11(10)20-4-2)6-12-13(18)17-14(16)21-12/h5-7H,3-4H2,1-2H3,(H2,16,17,18). The number of hydrogen-bond acceptors (Lipinski definition) is 5. The summed E-state index contributed by atoms with van der Waals surface area (Å²) in [7, 11) is 0. The molecule has 0 radical (unpaired) electrons. The smallest absolute Gasteiger partial charge is 0.286 e. The highest BCUT2D eigenvalue weighted by Gasteiger charge is 2.20. The molecular weight excluding hydrogens is 312 g/mol. The Morgan fingerprint density at radius 3 is 2.43 bits per heavy atom. The lowest BCUT2D eigenvalue weighted by molar-refractivity contribution is -0.113. The highest BCUT2D eigenvalue weighted by Crippen LogP contribution is 2.36. The zero-order valence-corrected chi connectivity index (χ0v) is 13.3. The molecule has 0 bridgehead atoms. The third-order valence-electron chi connectivity index (χ3n) is 2.59. The second kappa shape index (κ2) is 6.87. The summed E-state index contributed by atoms with van der Waals surface area (Å²) in [4.78, 5) is 15.7. The molecule has 1 aromatic carbocycles. The van der Waals surface area contributed by atoms with Crippen LogP contribution in [0.25, 0.3) is 6.08 Å². The molecule has 1 aliphatic rings. The number of carbonyl (C=O) groups is 1. The van der Waals surface area contributed by atoms with Crippen molar-refractivity contribution in [2.24, 2.45) is 10.7 Å². The first-order valence-corrected chi connectivity index (χ1v) is 7.61. The maximum Gasteiger partial charge on any atom is 0.286 e. The van der Waals surface area contributed by atoms with E-state index in [2.05, 4.69) is 4.99 Å². The van der Waals surface area contributed by atoms with Crippen LogP contribution >= 0.6 is 23.4 Å². The highest BCUT2D eigenvalue weighted by atomic mass is 35.5. The van der Waals surface area contributed by atoms with Crippen LogP contribution < -0.4 is 15.2 Å². The fourth-order valence-corrected chi connectivity index (χ4v) is 2.65. The second-order valence-electron chi connectivity index (χ2n) is 4.05. The number of thioether (sulfide) groups is 1. The zero-order chi connectivity index (χ0) is 15.4. The maximum absolute atomic E-state index is 11.6. The molecule has 0 saturated carbocycles. The summed E-state index contributed by atoms with van der Waals surface area (Å²) in [6.07, 6.45) is 1.65. The van der Waals surface area contributed by atoms with Crippen molar-refractivity contribution >= 4 is 40.5 Å². The molecule has 1 aliphatic heterocycles. The van der Waals surface area contributed by atoms with Gasteiger partial charge in [-0.1, -0.05) is 11.6 Å². The molecule has 0 spiro atoms. The summed E-state index contributed by atoms with van der Waals surface area (Å²) in [6.45, 7) is 4.78. The lowest BCUT2D eigenvalue weighted by Gasteiger charge is -2.12. The average Bonchev–Trinajstić information content (AvgIpc) is 2.73. The van der Waals surface area contributed by atoms with Crippen LogP contribution in [0, 0.1) is 0 Å². The fourth-order valence-electron chi connectivity index (χ4n) is 1.76. The molecule has 1 amide bonds. The second-order valence-corrected chi connectivity index (χ2v) is 5.52. The van der Waals surface area contributed by atoms with E-state index in [9.17, 15) is 4.79 Å². The minimum atomic E-state index is -0.361. The Labute approximate surface area is 132 Å². The van der Waals surface area contributed by atoms with Crippen LogP contribution in [0.2, 0.25) is 5.02 Å². The van der Waals surface area contributed by atoms with Crippen LogP contribution in [-0.4, -0.2) is 24.3 Å². The number of aliphatic imine (C=N–C) groups is 1. The summed E-state index contributed by atoms with van der Waals surface area (Å²) in [5.74, 6) is 0.799. The van der Waals surface area contributed by atoms with Crippen molar-refractivity contribution in [1.29, 1.82) is 0 Å². The first-order valence-electron chi connectivity index (χ1n) is 6.42. The van der Waals surface area contributed by atoms with Crippen molar-refractivity contribution in [2.45, 2.75) is 13.8 Å². The number of nitrogens with zero attached hydrogens (tertiary/aromatic N) is 1. The SMILES string of the molecule is CCOc1cc(Cl)c(C=C2SC(N)=NC2=O)cc1OCC. The Kier molecular flexibility index (Phi) is 5.14. The van der Waals surface area contributed by atoms with E-state index in [0.29, 0.717) is 40.2 Å². The number of benzene rings is 1. The van der Waals surface area contributed by atoms with Gasteiger partial charge in [-0.2, -0.15) is 4.99 Å². The molecule has 0 atom stereocenters. The lowest BCUT2D eigenvalue weighted by Crippen LogP contribution is -2.01. The van der Waals surface area contributed by atoms with E-state index < -0.39 is 0 Å². The van der Waals surface area contributed by atoms with Crippen LogP contribution in [0.15, 0.2) is 22.0 Å². The number of carbonyl (C=O) groups excluding carboxylic acids is 1. The molecule has 5 nitrogen and oxygen atoms in total. The van der Waals surface area contributed by atoms with Gasteiger partial charge >= 0.3 is 0 Å². The Balaban J connectivity index is 2.38. The van der Waals surface area contributed by atoms with Gasteiger partial charge in [-0.3, -0.25) is 4.79 Å². The van der Waals surface area contributed by atoms with E-state index in [1.165, 1.54) is 0 Å². The number of nitrogens with two attached hydrogens (primary N) is 1. The van der Waals surface area contributed by atoms with Gasteiger partial charge in [0.1, 0.15) is 0 Å². The quantitative estimate of drug-likeness (QED) is 0.842. The molecule has 1 heterocycles. The number of halogens is 1. The van der Waals surface area contributed by atoms with E-state index in [1.54, 1.807) is 18.2 Å². The number of amides is 1. The van der Waals surface area contributed by atoms with E-state index in [0.717, 1.165) is 11.8 Å². The number of hydrogen-bond donors (Lipinski definition) is 1. The van der Waals surface area contributed by atoms with Gasteiger partial charge in [0.25, 0.3) is 5.91 Å². The Morgan fingerprint density at radius 2 is 1.90 bits per heavy atom. The van der Waals surface area contributed by atoms with Crippen molar-refractivity contribution < 1.29 is 14.3 Å². The van der Waals surface area contributed by atoms with Crippen LogP contribution in [0.5, 0.6) is 11.5 Å². The molecule has 2 rings (SSSR count). The van der Waals surface area contributed by atoms with Gasteiger partial charge in [-0.05, 0) is 43.3 Å². The molecule has 0 unspecified atom stereocenters. The van der Waals surface area contributed by atoms with Crippen molar-refractivity contribution in [3.05, 3.63) is 27.6 Å². The van der Waals surface area contributed by atoms with Gasteiger partial charge in [0.05, 0.1) is 23.1 Å². The molecule has 2 N–H and O–H groups in total. The van der Waals surface area contributed by atoms with Crippen LogP contribution in [0.3, 0.4) is 0 Å². The maximum atomic E-state index is 11.6. The molecule has 0 fully saturated rings. The molecular formula is C14H15ClN2O3S. The van der Waals surface area contributed by atoms with Gasteiger partial charge in [0.15, 0.2) is 16.7 Å². The first kappa shape index (κ1) is 15.7. The van der Waals surface area contributed by atoms with E-state index in [1.807, 2.05) is 13.8 Å². The third-order valence-corrected chi connectivity index (χ3v) is 3.73. The van der Waals surface area contributed by atoms with Gasteiger partial charge in [0, 0.05) is 6.07 Å². The Morgan fingerprint density at radius 1 is 1.29 bits per heavy atom. The van der Waals surface area contributed by atoms with Crippen LogP contribution in [0.4, 0.5) is 0 Å². The van der Waals surface area contributed by atoms with Gasteiger partial charge in [0.2, 0.25) is 0 Å². The molecule has 0 aliphatic carbocycles. The minimum absolute atomic E-state index is 0.235. The Hall–Kier alpha value is -1.66. The van der Waals surface area contributed by atoms with Crippen LogP contribution in [0.1, 0.15) is 19.4 Å². The number of amidine groups is 1. The van der Waals surface area contributed by atoms with E-state index in [4.69, 9.17) is 26.8 Å². The van der Waals surface area contributed by atoms with Gasteiger partial charge in [-0.15, -0.1) is 0 Å². The molecule has 112 valence electrons. The van der Waals surface area contributed by atoms with E-state index in [-0.39, 0.29) is 11.1 Å². The molecule has 7 heteroatoms. The summed E-state index contributed by atoms with van der Waals surface area (Å²) >= 11 is 7.35. The number of rotatable bonds is 5. The molecule has 0 aromatic heterocycles. The van der Waals surface area contributed by atoms with Crippen molar-refractivity contribution in [3.63, 3.8) is 0 Å². The minimum Gasteiger partial charge on any atom is -0.490 e. The fraction of sp³-hybridized carbons (Fsp3) is 0.286. The lowest BCUT2D eigenvalue weighted by atomic mass is 10.1. The summed E-state index contributed by atoms with van der Waals surface area (Å²) < 4.78 is 11.0. The Bertz CT molecular complexity index is 629. The zero-order valence-electron chi connectivity index (χ0n) is 11.7. The van der Waals surface area contributed by atoms with Crippen molar-refractivity contribution in [1.82, 2.24) is 0 Å². The monoisotopic (exact) mass is 326 g/mol. The summed E-state index contributed by atoms with van der Waals surface area (Å²) in [5.41, 5.74) is 6.18. The summed E-state index contributed by atoms with van der Waals surface area (Å²) in [6, 6.07) is 3.42. The molecule has 1 aromatic rings. The summed E-state index contributed by atoms with van der Waals surface area (Å²) in [5, 5.41) is 0.701. The predicted octanol–water partition coefficient (Wildman–Crippen LogP) is 3.07. The molecule has 21 heavy (non-hydrogen) atoms. The normalized spacial score (nSPS) is 16.2. The van der Waals surface area contributed by atoms with Gasteiger partial charge in [-0.25, -0.2) is 0 Å². The first-order chi connectivity index (χ1) is 10.0. The number of ether oxygens (including phenoxy) is 2.